The lowest BCUT2D eigenvalue weighted by molar-refractivity contribution is 0.620. The first kappa shape index (κ1) is 31.5. The van der Waals surface area contributed by atoms with Crippen molar-refractivity contribution < 1.29 is 4.42 Å². The fraction of sp³-hybridized carbons (Fsp3) is 0.0426. The average Bonchev–Trinajstić information content (AvgIpc) is 3.98. The van der Waals surface area contributed by atoms with E-state index in [4.69, 9.17) is 29.3 Å². The monoisotopic (exact) mass is 726 g/mol. The molecule has 8 heteroatoms. The van der Waals surface area contributed by atoms with Crippen LogP contribution in [0.2, 0.25) is 0 Å². The second-order valence-electron chi connectivity index (χ2n) is 13.6. The zero-order valence-electron chi connectivity index (χ0n) is 29.4. The molecule has 10 aromatic rings. The van der Waals surface area contributed by atoms with Gasteiger partial charge >= 0.3 is 0 Å². The highest BCUT2D eigenvalue weighted by molar-refractivity contribution is 7.21. The maximum absolute atomic E-state index is 6.16. The third-order valence-electron chi connectivity index (χ3n) is 10.2. The molecule has 0 atom stereocenters. The molecule has 0 radical (unpaired) electrons. The summed E-state index contributed by atoms with van der Waals surface area (Å²) < 4.78 is 9.64. The Morgan fingerprint density at radius 1 is 0.545 bits per heavy atom. The Hall–Kier alpha value is -7.03. The van der Waals surface area contributed by atoms with Gasteiger partial charge < -0.3 is 8.98 Å². The molecular weight excluding hydrogens is 697 g/mol. The third kappa shape index (κ3) is 5.54. The molecule has 0 unspecified atom stereocenters. The second-order valence-corrected chi connectivity index (χ2v) is 14.7. The summed E-state index contributed by atoms with van der Waals surface area (Å²) in [6.45, 7) is 0. The zero-order chi connectivity index (χ0) is 36.3. The van der Waals surface area contributed by atoms with Crippen molar-refractivity contribution in [2.45, 2.75) is 12.8 Å². The van der Waals surface area contributed by atoms with Gasteiger partial charge in [-0.2, -0.15) is 0 Å². The largest absolute Gasteiger partial charge is 0.436 e. The van der Waals surface area contributed by atoms with Crippen LogP contribution >= 0.6 is 11.3 Å². The summed E-state index contributed by atoms with van der Waals surface area (Å²) in [6.07, 6.45) is 6.50. The van der Waals surface area contributed by atoms with Crippen molar-refractivity contribution in [2.24, 2.45) is 0 Å². The molecule has 1 aliphatic rings. The molecule has 6 aromatic carbocycles. The number of benzene rings is 6. The van der Waals surface area contributed by atoms with Gasteiger partial charge in [0.05, 0.1) is 15.7 Å². The molecule has 0 spiro atoms. The molecule has 260 valence electrons. The summed E-state index contributed by atoms with van der Waals surface area (Å²) >= 11 is 1.68. The van der Waals surface area contributed by atoms with Gasteiger partial charge in [0.1, 0.15) is 10.5 Å². The van der Waals surface area contributed by atoms with Crippen molar-refractivity contribution >= 4 is 49.6 Å². The molecule has 0 N–H and O–H groups in total. The second kappa shape index (κ2) is 12.8. The summed E-state index contributed by atoms with van der Waals surface area (Å²) in [5.41, 5.74) is 12.3. The van der Waals surface area contributed by atoms with Gasteiger partial charge in [0.15, 0.2) is 23.1 Å². The van der Waals surface area contributed by atoms with E-state index < -0.39 is 0 Å². The smallest absolute Gasteiger partial charge is 0.227 e. The van der Waals surface area contributed by atoms with Crippen LogP contribution < -0.4 is 0 Å². The van der Waals surface area contributed by atoms with Crippen LogP contribution in [0.25, 0.3) is 100 Å². The van der Waals surface area contributed by atoms with Gasteiger partial charge in [-0.3, -0.25) is 0 Å². The number of thiazole rings is 1. The van der Waals surface area contributed by atoms with Crippen LogP contribution in [-0.4, -0.2) is 29.5 Å². The number of hydrogen-bond acceptors (Lipinski definition) is 7. The van der Waals surface area contributed by atoms with E-state index in [-0.39, 0.29) is 0 Å². The fourth-order valence-corrected chi connectivity index (χ4v) is 8.55. The third-order valence-corrected chi connectivity index (χ3v) is 11.2. The van der Waals surface area contributed by atoms with Crippen LogP contribution in [0.15, 0.2) is 156 Å². The van der Waals surface area contributed by atoms with Gasteiger partial charge in [0.25, 0.3) is 0 Å². The van der Waals surface area contributed by atoms with E-state index in [1.807, 2.05) is 84.9 Å². The van der Waals surface area contributed by atoms with Crippen LogP contribution in [-0.2, 0) is 6.42 Å². The molecule has 4 aromatic heterocycles. The molecule has 0 saturated carbocycles. The Morgan fingerprint density at radius 2 is 1.25 bits per heavy atom. The first-order valence-corrected chi connectivity index (χ1v) is 19.1. The van der Waals surface area contributed by atoms with Crippen molar-refractivity contribution in [2.75, 3.05) is 0 Å². The highest BCUT2D eigenvalue weighted by atomic mass is 32.1. The van der Waals surface area contributed by atoms with E-state index in [2.05, 4.69) is 77.4 Å². The predicted molar refractivity (Wildman–Crippen MR) is 222 cm³/mol. The van der Waals surface area contributed by atoms with Gasteiger partial charge in [-0.1, -0.05) is 97.1 Å². The number of oxazole rings is 1. The Kier molecular flexibility index (Phi) is 7.34. The maximum atomic E-state index is 6.16. The molecule has 0 amide bonds. The van der Waals surface area contributed by atoms with E-state index in [1.54, 1.807) is 11.3 Å². The summed E-state index contributed by atoms with van der Waals surface area (Å²) in [7, 11) is 0. The summed E-state index contributed by atoms with van der Waals surface area (Å²) in [5, 5.41) is 2.15. The molecule has 1 aliphatic carbocycles. The SMILES string of the molecule is C1=Cc2c(n(-c3cccc(-c4nc5ccc(-c6nc(-c7ccccc7)nc(-c7ccccc7)n6)cc5s4)c3)c3ccc(-c4nc5ccccc5o4)cc23)CC1. The molecule has 4 heterocycles. The number of fused-ring (bicyclic) bond motifs is 5. The zero-order valence-corrected chi connectivity index (χ0v) is 30.2. The van der Waals surface area contributed by atoms with Crippen LogP contribution in [0.5, 0.6) is 0 Å². The predicted octanol–water partition coefficient (Wildman–Crippen LogP) is 11.9. The normalized spacial score (nSPS) is 12.5. The van der Waals surface area contributed by atoms with Crippen LogP contribution in [0.3, 0.4) is 0 Å². The van der Waals surface area contributed by atoms with E-state index in [0.29, 0.717) is 23.4 Å². The summed E-state index contributed by atoms with van der Waals surface area (Å²) in [5.74, 6) is 2.55. The Bertz CT molecular complexity index is 3010. The molecule has 0 fully saturated rings. The van der Waals surface area contributed by atoms with Gasteiger partial charge in [0, 0.05) is 50.1 Å². The Labute approximate surface area is 320 Å². The number of nitrogens with zero attached hydrogens (tertiary/aromatic N) is 6. The average molecular weight is 727 g/mol. The summed E-state index contributed by atoms with van der Waals surface area (Å²) in [6, 6.07) is 49.6. The quantitative estimate of drug-likeness (QED) is 0.170. The minimum Gasteiger partial charge on any atom is -0.436 e. The number of rotatable bonds is 6. The minimum absolute atomic E-state index is 0.629. The fourth-order valence-electron chi connectivity index (χ4n) is 7.55. The number of hydrogen-bond donors (Lipinski definition) is 0. The molecular formula is C47H30N6OS. The minimum atomic E-state index is 0.629. The van der Waals surface area contributed by atoms with Crippen molar-refractivity contribution in [3.8, 4) is 61.9 Å². The van der Waals surface area contributed by atoms with Crippen molar-refractivity contribution in [3.63, 3.8) is 0 Å². The van der Waals surface area contributed by atoms with Crippen LogP contribution in [0, 0.1) is 0 Å². The van der Waals surface area contributed by atoms with Crippen LogP contribution in [0.4, 0.5) is 0 Å². The molecule has 0 bridgehead atoms. The Morgan fingerprint density at radius 3 is 2.04 bits per heavy atom. The molecule has 0 aliphatic heterocycles. The standard InChI is InChI=1S/C47H30N6OS/c1-3-12-29(13-4-1)43-50-44(30-14-5-2-6-15-30)52-45(51-43)31-22-24-38-42(28-31)55-47(49-38)33-16-11-17-34(26-33)53-39-20-9-7-18-35(39)36-27-32(23-25-40(36)53)46-48-37-19-8-10-21-41(37)54-46/h1-8,10-19,21-28H,9,20H2. The van der Waals surface area contributed by atoms with Crippen molar-refractivity contribution in [3.05, 3.63) is 163 Å². The molecule has 11 rings (SSSR count). The molecule has 0 saturated heterocycles. The van der Waals surface area contributed by atoms with Gasteiger partial charge in [-0.05, 0) is 73.5 Å². The van der Waals surface area contributed by atoms with Gasteiger partial charge in [-0.25, -0.2) is 24.9 Å². The number of para-hydroxylation sites is 2. The van der Waals surface area contributed by atoms with E-state index >= 15 is 0 Å². The lowest BCUT2D eigenvalue weighted by Crippen LogP contribution is -2.03. The van der Waals surface area contributed by atoms with E-state index in [1.165, 1.54) is 16.6 Å². The van der Waals surface area contributed by atoms with E-state index in [9.17, 15) is 0 Å². The van der Waals surface area contributed by atoms with Crippen molar-refractivity contribution in [1.29, 1.82) is 0 Å². The Balaban J connectivity index is 0.978. The first-order chi connectivity index (χ1) is 27.2. The topological polar surface area (TPSA) is 82.5 Å². The summed E-state index contributed by atoms with van der Waals surface area (Å²) in [4.78, 5) is 24.7. The number of aromatic nitrogens is 6. The molecule has 55 heavy (non-hydrogen) atoms. The number of allylic oxidation sites excluding steroid dienone is 1. The van der Waals surface area contributed by atoms with Gasteiger partial charge in [0.2, 0.25) is 5.89 Å². The lowest BCUT2D eigenvalue weighted by atomic mass is 10.0. The van der Waals surface area contributed by atoms with Gasteiger partial charge in [-0.15, -0.1) is 11.3 Å². The maximum Gasteiger partial charge on any atom is 0.227 e. The van der Waals surface area contributed by atoms with Crippen molar-refractivity contribution in [1.82, 2.24) is 29.5 Å². The highest BCUT2D eigenvalue weighted by Crippen LogP contribution is 2.39. The first-order valence-electron chi connectivity index (χ1n) is 18.3. The lowest BCUT2D eigenvalue weighted by Gasteiger charge is -2.14. The molecule has 7 nitrogen and oxygen atoms in total. The van der Waals surface area contributed by atoms with E-state index in [0.717, 1.165) is 78.2 Å². The van der Waals surface area contributed by atoms with Crippen LogP contribution in [0.1, 0.15) is 17.7 Å². The highest BCUT2D eigenvalue weighted by Gasteiger charge is 2.21.